The van der Waals surface area contributed by atoms with Gasteiger partial charge >= 0.3 is 5.97 Å². The second-order valence-electron chi connectivity index (χ2n) is 8.30. The van der Waals surface area contributed by atoms with Crippen molar-refractivity contribution in [1.82, 2.24) is 14.9 Å². The molecule has 1 aromatic carbocycles. The molecule has 0 radical (unpaired) electrons. The molecule has 0 saturated carbocycles. The van der Waals surface area contributed by atoms with Crippen LogP contribution in [0.25, 0.3) is 0 Å². The van der Waals surface area contributed by atoms with Crippen molar-refractivity contribution >= 4 is 11.7 Å². The van der Waals surface area contributed by atoms with Gasteiger partial charge in [-0.05, 0) is 57.5 Å². The number of nitrogens with one attached hydrogen (secondary N) is 2. The Labute approximate surface area is 158 Å². The zero-order valence-corrected chi connectivity index (χ0v) is 15.8. The summed E-state index contributed by atoms with van der Waals surface area (Å²) in [5.41, 5.74) is 1.33. The van der Waals surface area contributed by atoms with E-state index in [0.717, 1.165) is 30.0 Å². The molecule has 4 rings (SSSR count). The van der Waals surface area contributed by atoms with Gasteiger partial charge in [0, 0.05) is 30.0 Å². The lowest BCUT2D eigenvalue weighted by molar-refractivity contribution is -0.157. The standard InChI is InChI=1S/C20H25FN4O2/c1-20(2,3)19(26)27-11-25-9-8-23-18(25)17-13-6-7-22-16(13)14-10-12(21)4-5-15(14)24-17/h4-5,8-10,13,16-17,22,24H,6-7,11H2,1-3H3/t13-,16-,17-/m0/s1. The normalized spacial score (nSPS) is 24.1. The summed E-state index contributed by atoms with van der Waals surface area (Å²) in [6.45, 7) is 6.50. The summed E-state index contributed by atoms with van der Waals surface area (Å²) in [6.07, 6.45) is 4.51. The number of carbonyl (C=O) groups is 1. The van der Waals surface area contributed by atoms with Gasteiger partial charge in [0.25, 0.3) is 0 Å². The van der Waals surface area contributed by atoms with Gasteiger partial charge in [-0.15, -0.1) is 0 Å². The average molecular weight is 372 g/mol. The first-order chi connectivity index (χ1) is 12.8. The number of nitrogens with zero attached hydrogens (tertiary/aromatic N) is 2. The van der Waals surface area contributed by atoms with Crippen LogP contribution < -0.4 is 10.6 Å². The SMILES string of the molecule is CC(C)(C)C(=O)OCn1ccnc1[C@H]1Nc2ccc(F)cc2[C@H]2NCC[C@@H]21. The Bertz CT molecular complexity index is 858. The molecule has 6 nitrogen and oxygen atoms in total. The molecule has 7 heteroatoms. The summed E-state index contributed by atoms with van der Waals surface area (Å²) >= 11 is 0. The summed E-state index contributed by atoms with van der Waals surface area (Å²) < 4.78 is 21.1. The number of rotatable bonds is 3. The number of fused-ring (bicyclic) bond motifs is 3. The van der Waals surface area contributed by atoms with Crippen molar-refractivity contribution in [2.45, 2.75) is 46.0 Å². The largest absolute Gasteiger partial charge is 0.443 e. The number of benzene rings is 1. The first-order valence-corrected chi connectivity index (χ1v) is 9.32. The van der Waals surface area contributed by atoms with Crippen LogP contribution in [0.1, 0.15) is 50.7 Å². The highest BCUT2D eigenvalue weighted by molar-refractivity contribution is 5.75. The molecular formula is C20H25FN4O2. The molecule has 3 heterocycles. The molecule has 0 aliphatic carbocycles. The maximum Gasteiger partial charge on any atom is 0.312 e. The minimum absolute atomic E-state index is 0.0358. The Balaban J connectivity index is 1.60. The van der Waals surface area contributed by atoms with Crippen molar-refractivity contribution < 1.29 is 13.9 Å². The number of imidazole rings is 1. The Kier molecular flexibility index (Phi) is 4.42. The molecule has 1 fully saturated rings. The number of carbonyl (C=O) groups excluding carboxylic acids is 1. The topological polar surface area (TPSA) is 68.2 Å². The van der Waals surface area contributed by atoms with Gasteiger partial charge in [-0.25, -0.2) is 9.37 Å². The predicted octanol–water partition coefficient (Wildman–Crippen LogP) is 3.39. The van der Waals surface area contributed by atoms with E-state index in [9.17, 15) is 9.18 Å². The second kappa shape index (κ2) is 6.64. The summed E-state index contributed by atoms with van der Waals surface area (Å²) in [5.74, 6) is 0.598. The third-order valence-corrected chi connectivity index (χ3v) is 5.33. The lowest BCUT2D eigenvalue weighted by Gasteiger charge is -2.36. The maximum absolute atomic E-state index is 13.7. The van der Waals surface area contributed by atoms with Crippen molar-refractivity contribution in [2.75, 3.05) is 11.9 Å². The first-order valence-electron chi connectivity index (χ1n) is 9.32. The number of hydrogen-bond donors (Lipinski definition) is 2. The molecule has 2 aliphatic heterocycles. The van der Waals surface area contributed by atoms with E-state index in [0.29, 0.717) is 0 Å². The molecule has 3 atom stereocenters. The molecule has 0 spiro atoms. The molecule has 0 bridgehead atoms. The van der Waals surface area contributed by atoms with E-state index >= 15 is 0 Å². The van der Waals surface area contributed by atoms with Crippen molar-refractivity contribution in [1.29, 1.82) is 0 Å². The summed E-state index contributed by atoms with van der Waals surface area (Å²) in [4.78, 5) is 16.6. The highest BCUT2D eigenvalue weighted by Gasteiger charge is 2.42. The van der Waals surface area contributed by atoms with Crippen molar-refractivity contribution in [3.63, 3.8) is 0 Å². The van der Waals surface area contributed by atoms with Crippen LogP contribution >= 0.6 is 0 Å². The highest BCUT2D eigenvalue weighted by Crippen LogP contribution is 2.46. The zero-order chi connectivity index (χ0) is 19.2. The minimum Gasteiger partial charge on any atom is -0.443 e. The van der Waals surface area contributed by atoms with Gasteiger partial charge in [-0.2, -0.15) is 0 Å². The van der Waals surface area contributed by atoms with Crippen LogP contribution in [0, 0.1) is 17.2 Å². The molecule has 2 aliphatic rings. The molecule has 0 amide bonds. The summed E-state index contributed by atoms with van der Waals surface area (Å²) in [6, 6.07) is 4.90. The fourth-order valence-electron chi connectivity index (χ4n) is 3.93. The van der Waals surface area contributed by atoms with E-state index in [1.807, 2.05) is 31.5 Å². The second-order valence-corrected chi connectivity index (χ2v) is 8.30. The molecule has 144 valence electrons. The Morgan fingerprint density at radius 2 is 2.19 bits per heavy atom. The quantitative estimate of drug-likeness (QED) is 0.809. The smallest absolute Gasteiger partial charge is 0.312 e. The number of aromatic nitrogens is 2. The van der Waals surface area contributed by atoms with Gasteiger partial charge in [-0.1, -0.05) is 0 Å². The van der Waals surface area contributed by atoms with E-state index in [2.05, 4.69) is 15.6 Å². The molecule has 0 unspecified atom stereocenters. The fourth-order valence-corrected chi connectivity index (χ4v) is 3.93. The third kappa shape index (κ3) is 3.32. The summed E-state index contributed by atoms with van der Waals surface area (Å²) in [5, 5.41) is 7.02. The van der Waals surface area contributed by atoms with Gasteiger partial charge in [0.1, 0.15) is 11.6 Å². The number of esters is 1. The van der Waals surface area contributed by atoms with Crippen molar-refractivity contribution in [2.24, 2.45) is 11.3 Å². The van der Waals surface area contributed by atoms with Crippen LogP contribution in [0.15, 0.2) is 30.6 Å². The lowest BCUT2D eigenvalue weighted by atomic mass is 9.83. The number of hydrogen-bond acceptors (Lipinski definition) is 5. The van der Waals surface area contributed by atoms with Gasteiger partial charge in [0.15, 0.2) is 6.73 Å². The molecule has 2 N–H and O–H groups in total. The fraction of sp³-hybridized carbons (Fsp3) is 0.500. The Morgan fingerprint density at radius 3 is 2.96 bits per heavy atom. The van der Waals surface area contributed by atoms with Crippen molar-refractivity contribution in [3.8, 4) is 0 Å². The Morgan fingerprint density at radius 1 is 1.37 bits per heavy atom. The predicted molar refractivity (Wildman–Crippen MR) is 99.4 cm³/mol. The van der Waals surface area contributed by atoms with Crippen LogP contribution in [0.4, 0.5) is 10.1 Å². The van der Waals surface area contributed by atoms with Crippen LogP contribution in [0.5, 0.6) is 0 Å². The van der Waals surface area contributed by atoms with Gasteiger partial charge < -0.3 is 15.4 Å². The van der Waals surface area contributed by atoms with Gasteiger partial charge in [-0.3, -0.25) is 9.36 Å². The van der Waals surface area contributed by atoms with Crippen LogP contribution in [-0.2, 0) is 16.3 Å². The van der Waals surface area contributed by atoms with E-state index in [1.165, 1.54) is 6.07 Å². The van der Waals surface area contributed by atoms with Crippen LogP contribution in [0.2, 0.25) is 0 Å². The monoisotopic (exact) mass is 372 g/mol. The van der Waals surface area contributed by atoms with Gasteiger partial charge in [0.05, 0.1) is 11.5 Å². The van der Waals surface area contributed by atoms with Crippen molar-refractivity contribution in [3.05, 3.63) is 47.8 Å². The molecule has 27 heavy (non-hydrogen) atoms. The molecule has 1 aromatic heterocycles. The molecule has 1 saturated heterocycles. The van der Waals surface area contributed by atoms with Crippen LogP contribution in [-0.4, -0.2) is 22.1 Å². The van der Waals surface area contributed by atoms with E-state index < -0.39 is 5.41 Å². The highest BCUT2D eigenvalue weighted by atomic mass is 19.1. The molecular weight excluding hydrogens is 347 g/mol. The zero-order valence-electron chi connectivity index (χ0n) is 15.8. The molecule has 2 aromatic rings. The summed E-state index contributed by atoms with van der Waals surface area (Å²) in [7, 11) is 0. The van der Waals surface area contributed by atoms with Gasteiger partial charge in [0.2, 0.25) is 0 Å². The first kappa shape index (κ1) is 18.0. The van der Waals surface area contributed by atoms with E-state index in [4.69, 9.17) is 4.74 Å². The number of anilines is 1. The maximum atomic E-state index is 13.7. The number of halogens is 1. The Hall–Kier alpha value is -2.41. The van der Waals surface area contributed by atoms with E-state index in [-0.39, 0.29) is 36.5 Å². The minimum atomic E-state index is -0.548. The third-order valence-electron chi connectivity index (χ3n) is 5.33. The average Bonchev–Trinajstić information content (AvgIpc) is 3.27. The van der Waals surface area contributed by atoms with E-state index in [1.54, 1.807) is 18.3 Å². The lowest BCUT2D eigenvalue weighted by Crippen LogP contribution is -2.34. The van der Waals surface area contributed by atoms with Crippen LogP contribution in [0.3, 0.4) is 0 Å². The number of ether oxygens (including phenoxy) is 1.